The first-order chi connectivity index (χ1) is 26.1. The van der Waals surface area contributed by atoms with E-state index in [0.717, 1.165) is 66.9 Å². The summed E-state index contributed by atoms with van der Waals surface area (Å²) in [6.07, 6.45) is 1.46. The molecule has 0 bridgehead atoms. The van der Waals surface area contributed by atoms with Gasteiger partial charge in [0.25, 0.3) is 0 Å². The van der Waals surface area contributed by atoms with Crippen LogP contribution >= 0.6 is 0 Å². The Morgan fingerprint density at radius 3 is 1.68 bits per heavy atom. The van der Waals surface area contributed by atoms with Crippen LogP contribution in [0.2, 0.25) is 0 Å². The highest BCUT2D eigenvalue weighted by molar-refractivity contribution is 6.13. The third-order valence-corrected chi connectivity index (χ3v) is 9.50. The number of allylic oxidation sites excluding steroid dienone is 1. The molecule has 6 heteroatoms. The van der Waals surface area contributed by atoms with Gasteiger partial charge in [0.15, 0.2) is 5.82 Å². The number of aliphatic imine (C=N–C) groups is 2. The number of nitrogens with zero attached hydrogens (tertiary/aromatic N) is 4. The predicted octanol–water partition coefficient (Wildman–Crippen LogP) is 9.91. The first kappa shape index (κ1) is 31.8. The predicted molar refractivity (Wildman–Crippen MR) is 218 cm³/mol. The Morgan fingerprint density at radius 1 is 0.491 bits per heavy atom. The van der Waals surface area contributed by atoms with Gasteiger partial charge in [-0.2, -0.15) is 0 Å². The molecule has 8 aromatic rings. The number of fused-ring (bicyclic) bond motifs is 2. The first-order valence-electron chi connectivity index (χ1n) is 17.6. The Labute approximate surface area is 307 Å². The molecule has 3 N–H and O–H groups in total. The summed E-state index contributed by atoms with van der Waals surface area (Å²) in [7, 11) is 0. The largest absolute Gasteiger partial charge is 0.383 e. The van der Waals surface area contributed by atoms with Crippen LogP contribution < -0.4 is 11.1 Å². The summed E-state index contributed by atoms with van der Waals surface area (Å²) in [6.45, 7) is 0. The molecule has 0 amide bonds. The van der Waals surface area contributed by atoms with Gasteiger partial charge in [-0.3, -0.25) is 0 Å². The summed E-state index contributed by atoms with van der Waals surface area (Å²) in [6, 6.07) is 60.0. The maximum absolute atomic E-state index is 6.67. The minimum Gasteiger partial charge on any atom is -0.383 e. The van der Waals surface area contributed by atoms with Crippen LogP contribution in [0.3, 0.4) is 0 Å². The number of amidine groups is 1. The third-order valence-electron chi connectivity index (χ3n) is 9.50. The number of benzene rings is 7. The molecule has 0 fully saturated rings. The van der Waals surface area contributed by atoms with Crippen molar-refractivity contribution in [1.82, 2.24) is 15.3 Å². The second-order valence-corrected chi connectivity index (χ2v) is 13.0. The van der Waals surface area contributed by atoms with E-state index in [9.17, 15) is 0 Å². The zero-order valence-corrected chi connectivity index (χ0v) is 28.8. The molecular weight excluding hydrogens is 649 g/mol. The quantitative estimate of drug-likeness (QED) is 0.129. The maximum Gasteiger partial charge on any atom is 0.216 e. The van der Waals surface area contributed by atoms with E-state index in [0.29, 0.717) is 11.7 Å². The van der Waals surface area contributed by atoms with Gasteiger partial charge in [0.05, 0.1) is 17.1 Å². The molecule has 0 spiro atoms. The molecule has 1 aliphatic rings. The van der Waals surface area contributed by atoms with Crippen molar-refractivity contribution in [3.63, 3.8) is 0 Å². The van der Waals surface area contributed by atoms with Crippen molar-refractivity contribution >= 4 is 38.8 Å². The summed E-state index contributed by atoms with van der Waals surface area (Å²) < 4.78 is 0. The average Bonchev–Trinajstić information content (AvgIpc) is 3.23. The molecule has 1 atom stereocenters. The van der Waals surface area contributed by atoms with Crippen LogP contribution in [0.5, 0.6) is 0 Å². The number of rotatable bonds is 7. The highest BCUT2D eigenvalue weighted by atomic mass is 15.2. The Hall–Kier alpha value is -7.18. The zero-order valence-electron chi connectivity index (χ0n) is 28.8. The molecule has 0 radical (unpaired) electrons. The molecule has 7 aromatic carbocycles. The molecule has 1 aromatic heterocycles. The zero-order chi connectivity index (χ0) is 35.6. The van der Waals surface area contributed by atoms with E-state index in [2.05, 4.69) is 127 Å². The second kappa shape index (κ2) is 13.9. The van der Waals surface area contributed by atoms with Crippen LogP contribution in [0.25, 0.3) is 61.1 Å². The fourth-order valence-corrected chi connectivity index (χ4v) is 6.70. The first-order valence-corrected chi connectivity index (χ1v) is 17.6. The Balaban J connectivity index is 1.07. The molecule has 1 aliphatic heterocycles. The van der Waals surface area contributed by atoms with Crippen molar-refractivity contribution in [2.24, 2.45) is 15.7 Å². The minimum atomic E-state index is -0.596. The van der Waals surface area contributed by atoms with E-state index in [4.69, 9.17) is 25.7 Å². The lowest BCUT2D eigenvalue weighted by Crippen LogP contribution is -2.32. The topological polar surface area (TPSA) is 88.5 Å². The number of hydrogen-bond donors (Lipinski definition) is 2. The van der Waals surface area contributed by atoms with Crippen LogP contribution in [0.15, 0.2) is 192 Å². The molecule has 0 saturated carbocycles. The van der Waals surface area contributed by atoms with Gasteiger partial charge >= 0.3 is 0 Å². The fourth-order valence-electron chi connectivity index (χ4n) is 6.70. The van der Waals surface area contributed by atoms with E-state index in [1.54, 1.807) is 0 Å². The fraction of sp³-hybridized carbons (Fsp3) is 0.0213. The van der Waals surface area contributed by atoms with Gasteiger partial charge in [0, 0.05) is 28.0 Å². The number of hydrogen-bond acceptors (Lipinski definition) is 5. The van der Waals surface area contributed by atoms with Gasteiger partial charge in [0.1, 0.15) is 5.84 Å². The van der Waals surface area contributed by atoms with E-state index in [1.165, 1.54) is 10.8 Å². The van der Waals surface area contributed by atoms with Crippen LogP contribution in [-0.4, -0.2) is 27.8 Å². The average molecular weight is 683 g/mol. The minimum absolute atomic E-state index is 0.385. The monoisotopic (exact) mass is 682 g/mol. The van der Waals surface area contributed by atoms with Crippen molar-refractivity contribution in [2.75, 3.05) is 0 Å². The highest BCUT2D eigenvalue weighted by Crippen LogP contribution is 2.31. The summed E-state index contributed by atoms with van der Waals surface area (Å²) >= 11 is 0. The van der Waals surface area contributed by atoms with Gasteiger partial charge < -0.3 is 11.1 Å². The lowest BCUT2D eigenvalue weighted by atomic mass is 10.0. The number of nitrogens with two attached hydrogens (primary N) is 1. The normalized spacial score (nSPS) is 14.4. The Morgan fingerprint density at radius 2 is 1.02 bits per heavy atom. The van der Waals surface area contributed by atoms with Crippen molar-refractivity contribution in [1.29, 1.82) is 0 Å². The van der Waals surface area contributed by atoms with Gasteiger partial charge in [0.2, 0.25) is 6.29 Å². The summed E-state index contributed by atoms with van der Waals surface area (Å²) in [5.41, 5.74) is 15.9. The van der Waals surface area contributed by atoms with E-state index in [-0.39, 0.29) is 0 Å². The van der Waals surface area contributed by atoms with Crippen molar-refractivity contribution in [3.8, 4) is 33.9 Å². The van der Waals surface area contributed by atoms with Crippen LogP contribution in [0.1, 0.15) is 16.7 Å². The van der Waals surface area contributed by atoms with E-state index in [1.807, 2.05) is 60.7 Å². The van der Waals surface area contributed by atoms with E-state index >= 15 is 0 Å². The number of aromatic nitrogens is 2. The molecule has 1 unspecified atom stereocenters. The Kier molecular flexibility index (Phi) is 8.31. The molecular formula is C47H34N6. The maximum atomic E-state index is 6.67. The summed E-state index contributed by atoms with van der Waals surface area (Å²) in [5.74, 6) is 1.05. The standard InChI is InChI=1S/C47H34N6/c48-45(53-47-51-42(33-13-3-1-4-14-33)30-43(52-47)34-15-5-2-6-16-34)36-23-21-35(22-24-36)41-29-44(39-25-19-31-11-7-9-17-37(31)27-39)50-46(49-41)40-26-20-32-12-8-10-18-38(32)28-40/h1-30,47,51H,(H2,48,53). The van der Waals surface area contributed by atoms with Gasteiger partial charge in [-0.15, -0.1) is 0 Å². The molecule has 0 aliphatic carbocycles. The highest BCUT2D eigenvalue weighted by Gasteiger charge is 2.18. The molecule has 6 nitrogen and oxygen atoms in total. The van der Waals surface area contributed by atoms with Crippen LogP contribution in [0.4, 0.5) is 0 Å². The molecule has 53 heavy (non-hydrogen) atoms. The Bertz CT molecular complexity index is 2600. The SMILES string of the molecule is NC(=NC1N=C(c2ccccc2)C=C(c2ccccc2)N1)c1ccc(-c2cc(-c3ccc4ccccc4c3)nc(-c3ccc4ccccc4c3)n2)cc1. The smallest absolute Gasteiger partial charge is 0.216 e. The van der Waals surface area contributed by atoms with Crippen LogP contribution in [-0.2, 0) is 0 Å². The molecule has 9 rings (SSSR count). The summed E-state index contributed by atoms with van der Waals surface area (Å²) in [4.78, 5) is 20.0. The van der Waals surface area contributed by atoms with Crippen molar-refractivity contribution < 1.29 is 0 Å². The van der Waals surface area contributed by atoms with Gasteiger partial charge in [-0.25, -0.2) is 20.0 Å². The summed E-state index contributed by atoms with van der Waals surface area (Å²) in [5, 5.41) is 8.13. The van der Waals surface area contributed by atoms with Crippen molar-refractivity contribution in [2.45, 2.75) is 6.29 Å². The lowest BCUT2D eigenvalue weighted by molar-refractivity contribution is 0.651. The van der Waals surface area contributed by atoms with Gasteiger partial charge in [-0.1, -0.05) is 158 Å². The molecule has 2 heterocycles. The van der Waals surface area contributed by atoms with Crippen molar-refractivity contribution in [3.05, 3.63) is 199 Å². The second-order valence-electron chi connectivity index (χ2n) is 13.0. The number of nitrogens with one attached hydrogen (secondary N) is 1. The third kappa shape index (κ3) is 6.69. The molecule has 252 valence electrons. The van der Waals surface area contributed by atoms with E-state index < -0.39 is 6.29 Å². The van der Waals surface area contributed by atoms with Crippen LogP contribution in [0, 0.1) is 0 Å². The molecule has 0 saturated heterocycles. The van der Waals surface area contributed by atoms with Gasteiger partial charge in [-0.05, 0) is 56.9 Å². The lowest BCUT2D eigenvalue weighted by Gasteiger charge is -2.22.